The third-order valence-corrected chi connectivity index (χ3v) is 4.70. The van der Waals surface area contributed by atoms with Crippen LogP contribution in [0.2, 0.25) is 0 Å². The molecule has 154 valence electrons. The van der Waals surface area contributed by atoms with E-state index < -0.39 is 5.97 Å². The van der Waals surface area contributed by atoms with Gasteiger partial charge in [0.1, 0.15) is 0 Å². The molecular weight excluding hydrogens is 392 g/mol. The minimum Gasteiger partial charge on any atom is -0.478 e. The van der Waals surface area contributed by atoms with Crippen LogP contribution in [0.1, 0.15) is 15.9 Å². The maximum atomic E-state index is 12.4. The van der Waals surface area contributed by atoms with Crippen LogP contribution in [-0.2, 0) is 4.79 Å². The van der Waals surface area contributed by atoms with Crippen molar-refractivity contribution in [2.45, 2.75) is 6.92 Å². The molecule has 0 unspecified atom stereocenters. The predicted octanol–water partition coefficient (Wildman–Crippen LogP) is 4.35. The molecule has 7 nitrogen and oxygen atoms in total. The molecule has 0 saturated carbocycles. The van der Waals surface area contributed by atoms with Crippen LogP contribution in [0.25, 0.3) is 22.2 Å². The van der Waals surface area contributed by atoms with Gasteiger partial charge in [0.25, 0.3) is 0 Å². The number of nitrogens with zero attached hydrogens (tertiary/aromatic N) is 2. The predicted molar refractivity (Wildman–Crippen MR) is 120 cm³/mol. The maximum Gasteiger partial charge on any atom is 0.335 e. The van der Waals surface area contributed by atoms with Crippen LogP contribution >= 0.6 is 0 Å². The number of amides is 1. The molecule has 1 aromatic heterocycles. The highest BCUT2D eigenvalue weighted by atomic mass is 16.4. The monoisotopic (exact) mass is 412 g/mol. The molecule has 0 saturated heterocycles. The zero-order valence-corrected chi connectivity index (χ0v) is 16.8. The Labute approximate surface area is 178 Å². The number of aromatic nitrogens is 2. The summed E-state index contributed by atoms with van der Waals surface area (Å²) in [6, 6.07) is 21.8. The normalized spacial score (nSPS) is 10.6. The first kappa shape index (κ1) is 20.0. The third kappa shape index (κ3) is 4.67. The van der Waals surface area contributed by atoms with E-state index in [1.54, 1.807) is 12.1 Å². The molecule has 4 aromatic rings. The molecule has 0 spiro atoms. The lowest BCUT2D eigenvalue weighted by molar-refractivity contribution is -0.114. The lowest BCUT2D eigenvalue weighted by Gasteiger charge is -2.11. The molecule has 3 aromatic carbocycles. The van der Waals surface area contributed by atoms with Crippen molar-refractivity contribution in [1.29, 1.82) is 0 Å². The molecule has 1 amide bonds. The fraction of sp³-hybridized carbons (Fsp3) is 0.0833. The quantitative estimate of drug-likeness (QED) is 0.435. The Morgan fingerprint density at radius 3 is 2.52 bits per heavy atom. The first-order valence-corrected chi connectivity index (χ1v) is 9.70. The van der Waals surface area contributed by atoms with Crippen molar-refractivity contribution in [3.8, 4) is 11.3 Å². The number of carboxylic acids is 1. The maximum absolute atomic E-state index is 12.4. The van der Waals surface area contributed by atoms with Crippen molar-refractivity contribution in [2.75, 3.05) is 17.2 Å². The van der Waals surface area contributed by atoms with Crippen LogP contribution in [0.5, 0.6) is 0 Å². The number of aryl methyl sites for hydroxylation is 1. The lowest BCUT2D eigenvalue weighted by atomic mass is 10.0. The topological polar surface area (TPSA) is 104 Å². The smallest absolute Gasteiger partial charge is 0.335 e. The van der Waals surface area contributed by atoms with Crippen molar-refractivity contribution >= 4 is 34.4 Å². The van der Waals surface area contributed by atoms with Gasteiger partial charge >= 0.3 is 5.97 Å². The van der Waals surface area contributed by atoms with Gasteiger partial charge in [-0.05, 0) is 37.3 Å². The van der Waals surface area contributed by atoms with Crippen LogP contribution in [0.15, 0.2) is 72.8 Å². The number of carbonyl (C=O) groups excluding carboxylic acids is 1. The van der Waals surface area contributed by atoms with Gasteiger partial charge in [0.05, 0.1) is 23.3 Å². The van der Waals surface area contributed by atoms with Crippen molar-refractivity contribution in [3.05, 3.63) is 83.9 Å². The van der Waals surface area contributed by atoms with Crippen molar-refractivity contribution in [2.24, 2.45) is 0 Å². The van der Waals surface area contributed by atoms with Gasteiger partial charge in [-0.2, -0.15) is 0 Å². The van der Waals surface area contributed by atoms with Crippen molar-refractivity contribution in [1.82, 2.24) is 9.97 Å². The number of hydrogen-bond acceptors (Lipinski definition) is 5. The van der Waals surface area contributed by atoms with E-state index in [1.165, 1.54) is 12.1 Å². The van der Waals surface area contributed by atoms with Crippen molar-refractivity contribution in [3.63, 3.8) is 0 Å². The number of fused-ring (bicyclic) bond motifs is 1. The van der Waals surface area contributed by atoms with E-state index in [0.29, 0.717) is 11.6 Å². The number of nitrogens with one attached hydrogen (secondary N) is 2. The molecule has 0 aliphatic carbocycles. The van der Waals surface area contributed by atoms with E-state index in [9.17, 15) is 9.59 Å². The molecule has 1 heterocycles. The van der Waals surface area contributed by atoms with Gasteiger partial charge in [-0.25, -0.2) is 14.8 Å². The summed E-state index contributed by atoms with van der Waals surface area (Å²) in [6.07, 6.45) is 0. The van der Waals surface area contributed by atoms with Gasteiger partial charge in [0.15, 0.2) is 0 Å². The Balaban J connectivity index is 1.56. The molecule has 0 bridgehead atoms. The number of aromatic carboxylic acids is 1. The molecule has 0 aliphatic heterocycles. The number of carbonyl (C=O) groups is 2. The Bertz CT molecular complexity index is 1270. The van der Waals surface area contributed by atoms with E-state index in [4.69, 9.17) is 5.11 Å². The first-order valence-electron chi connectivity index (χ1n) is 9.70. The van der Waals surface area contributed by atoms with Crippen LogP contribution in [0, 0.1) is 6.92 Å². The summed E-state index contributed by atoms with van der Waals surface area (Å²) in [6.45, 7) is 1.95. The summed E-state index contributed by atoms with van der Waals surface area (Å²) in [5.74, 6) is -1.05. The van der Waals surface area contributed by atoms with Crippen LogP contribution in [-0.4, -0.2) is 33.5 Å². The summed E-state index contributed by atoms with van der Waals surface area (Å²) in [7, 11) is 0. The Hall–Kier alpha value is -4.26. The van der Waals surface area contributed by atoms with Crippen LogP contribution in [0.3, 0.4) is 0 Å². The van der Waals surface area contributed by atoms with Gasteiger partial charge in [-0.3, -0.25) is 4.79 Å². The Morgan fingerprint density at radius 1 is 0.935 bits per heavy atom. The summed E-state index contributed by atoms with van der Waals surface area (Å²) in [4.78, 5) is 32.6. The van der Waals surface area contributed by atoms with E-state index in [1.807, 2.05) is 55.5 Å². The van der Waals surface area contributed by atoms with Gasteiger partial charge in [-0.15, -0.1) is 0 Å². The van der Waals surface area contributed by atoms with E-state index in [2.05, 4.69) is 20.6 Å². The first-order chi connectivity index (χ1) is 15.0. The number of carboxylic acid groups (broad SMARTS) is 1. The lowest BCUT2D eigenvalue weighted by Crippen LogP contribution is -2.22. The zero-order chi connectivity index (χ0) is 21.8. The fourth-order valence-electron chi connectivity index (χ4n) is 3.23. The molecule has 7 heteroatoms. The second kappa shape index (κ2) is 8.62. The highest BCUT2D eigenvalue weighted by Gasteiger charge is 2.12. The average molecular weight is 412 g/mol. The summed E-state index contributed by atoms with van der Waals surface area (Å²) >= 11 is 0. The van der Waals surface area contributed by atoms with E-state index >= 15 is 0 Å². The third-order valence-electron chi connectivity index (χ3n) is 4.70. The number of benzene rings is 3. The van der Waals surface area contributed by atoms with Gasteiger partial charge in [-0.1, -0.05) is 48.0 Å². The van der Waals surface area contributed by atoms with Crippen LogP contribution in [0.4, 0.5) is 11.6 Å². The zero-order valence-electron chi connectivity index (χ0n) is 16.8. The van der Waals surface area contributed by atoms with Crippen molar-refractivity contribution < 1.29 is 14.7 Å². The summed E-state index contributed by atoms with van der Waals surface area (Å²) in [5.41, 5.74) is 4.14. The summed E-state index contributed by atoms with van der Waals surface area (Å²) < 4.78 is 0. The number of anilines is 2. The SMILES string of the molecule is Cc1ccc2nc(NCC(=O)Nc3cccc(C(=O)O)c3)nc(-c3ccccc3)c2c1. The second-order valence-corrected chi connectivity index (χ2v) is 7.07. The highest BCUT2D eigenvalue weighted by molar-refractivity contribution is 5.96. The van der Waals surface area contributed by atoms with Crippen LogP contribution < -0.4 is 10.6 Å². The number of rotatable bonds is 6. The minimum atomic E-state index is -1.05. The molecular formula is C24H20N4O3. The molecule has 0 radical (unpaired) electrons. The fourth-order valence-corrected chi connectivity index (χ4v) is 3.23. The number of hydrogen-bond donors (Lipinski definition) is 3. The second-order valence-electron chi connectivity index (χ2n) is 7.07. The molecule has 31 heavy (non-hydrogen) atoms. The molecule has 0 atom stereocenters. The standard InChI is InChI=1S/C24H20N4O3/c1-15-10-11-20-19(12-15)22(16-6-3-2-4-7-16)28-24(27-20)25-14-21(29)26-18-9-5-8-17(13-18)23(30)31/h2-13H,14H2,1H3,(H,26,29)(H,30,31)(H,25,27,28). The van der Waals surface area contributed by atoms with Gasteiger partial charge < -0.3 is 15.7 Å². The van der Waals surface area contributed by atoms with E-state index in [-0.39, 0.29) is 18.0 Å². The largest absolute Gasteiger partial charge is 0.478 e. The van der Waals surface area contributed by atoms with Gasteiger partial charge in [0.2, 0.25) is 11.9 Å². The molecule has 3 N–H and O–H groups in total. The summed E-state index contributed by atoms with van der Waals surface area (Å²) in [5, 5.41) is 15.7. The minimum absolute atomic E-state index is 0.0666. The molecule has 0 aliphatic rings. The van der Waals surface area contributed by atoms with Gasteiger partial charge in [0, 0.05) is 16.6 Å². The average Bonchev–Trinajstić information content (AvgIpc) is 2.78. The molecule has 4 rings (SSSR count). The van der Waals surface area contributed by atoms with E-state index in [0.717, 1.165) is 27.7 Å². The Kier molecular flexibility index (Phi) is 5.57. The highest BCUT2D eigenvalue weighted by Crippen LogP contribution is 2.28. The molecule has 0 fully saturated rings. The Morgan fingerprint density at radius 2 is 1.74 bits per heavy atom.